The molecule has 0 atom stereocenters. The summed E-state index contributed by atoms with van der Waals surface area (Å²) in [5.41, 5.74) is 8.42. The first-order chi connectivity index (χ1) is 15.7. The topological polar surface area (TPSA) is 108 Å². The summed E-state index contributed by atoms with van der Waals surface area (Å²) in [4.78, 5) is 13.1. The molecule has 0 amide bonds. The zero-order valence-corrected chi connectivity index (χ0v) is 18.1. The number of pyridine rings is 1. The van der Waals surface area contributed by atoms with Gasteiger partial charge in [-0.1, -0.05) is 0 Å². The molecule has 0 unspecified atom stereocenters. The van der Waals surface area contributed by atoms with Crippen molar-refractivity contribution in [2.24, 2.45) is 0 Å². The lowest BCUT2D eigenvalue weighted by Gasteiger charge is -2.35. The molecule has 1 aliphatic carbocycles. The van der Waals surface area contributed by atoms with Crippen LogP contribution in [0.25, 0.3) is 27.9 Å². The largest absolute Gasteiger partial charge is 0.406 e. The van der Waals surface area contributed by atoms with Gasteiger partial charge in [0.15, 0.2) is 11.5 Å². The molecular formula is C21H23F3N8O. The predicted molar refractivity (Wildman–Crippen MR) is 117 cm³/mol. The van der Waals surface area contributed by atoms with Crippen molar-refractivity contribution in [2.75, 3.05) is 17.7 Å². The number of nitrogen functional groups attached to an aromatic ring is 1. The fraction of sp³-hybridized carbons (Fsp3) is 0.429. The maximum atomic E-state index is 13.1. The Labute approximate surface area is 186 Å². The highest BCUT2D eigenvalue weighted by Crippen LogP contribution is 2.31. The van der Waals surface area contributed by atoms with Gasteiger partial charge in [0, 0.05) is 24.4 Å². The molecule has 1 saturated carbocycles. The van der Waals surface area contributed by atoms with Gasteiger partial charge >= 0.3 is 6.18 Å². The molecule has 0 spiro atoms. The van der Waals surface area contributed by atoms with E-state index in [1.54, 1.807) is 28.9 Å². The summed E-state index contributed by atoms with van der Waals surface area (Å²) in [5.74, 6) is 0.897. The lowest BCUT2D eigenvalue weighted by molar-refractivity contribution is -0.140. The number of hydrogen-bond acceptors (Lipinski definition) is 7. The molecule has 4 aromatic rings. The van der Waals surface area contributed by atoms with Crippen LogP contribution in [0.5, 0.6) is 0 Å². The summed E-state index contributed by atoms with van der Waals surface area (Å²) < 4.78 is 47.4. The van der Waals surface area contributed by atoms with Crippen molar-refractivity contribution in [2.45, 2.75) is 51.6 Å². The quantitative estimate of drug-likeness (QED) is 0.453. The minimum Gasteiger partial charge on any atom is -0.382 e. The lowest BCUT2D eigenvalue weighted by Crippen LogP contribution is -2.41. The van der Waals surface area contributed by atoms with Crippen LogP contribution in [0.15, 0.2) is 24.4 Å². The van der Waals surface area contributed by atoms with E-state index in [2.05, 4.69) is 25.4 Å². The molecule has 0 saturated heterocycles. The maximum absolute atomic E-state index is 13.1. The molecule has 0 radical (unpaired) electrons. The zero-order chi connectivity index (χ0) is 23.3. The molecule has 0 bridgehead atoms. The smallest absolute Gasteiger partial charge is 0.382 e. The Kier molecular flexibility index (Phi) is 5.11. The summed E-state index contributed by atoms with van der Waals surface area (Å²) in [6, 6.07) is 5.34. The van der Waals surface area contributed by atoms with Gasteiger partial charge in [-0.25, -0.2) is 14.5 Å². The number of nitrogens with one attached hydrogen (secondary N) is 1. The van der Waals surface area contributed by atoms with Gasteiger partial charge < -0.3 is 20.4 Å². The third-order valence-corrected chi connectivity index (χ3v) is 5.76. The maximum Gasteiger partial charge on any atom is 0.406 e. The van der Waals surface area contributed by atoms with Crippen LogP contribution in [-0.4, -0.2) is 54.1 Å². The van der Waals surface area contributed by atoms with Crippen LogP contribution in [-0.2, 0) is 11.3 Å². The van der Waals surface area contributed by atoms with E-state index in [1.165, 1.54) is 6.92 Å². The third-order valence-electron chi connectivity index (χ3n) is 5.76. The first-order valence-corrected chi connectivity index (χ1v) is 10.7. The Morgan fingerprint density at radius 1 is 1.18 bits per heavy atom. The van der Waals surface area contributed by atoms with Crippen LogP contribution >= 0.6 is 0 Å². The van der Waals surface area contributed by atoms with Crippen molar-refractivity contribution in [3.8, 4) is 11.3 Å². The number of alkyl halides is 3. The number of fused-ring (bicyclic) bond motifs is 2. The van der Waals surface area contributed by atoms with Gasteiger partial charge in [-0.3, -0.25) is 0 Å². The second-order valence-electron chi connectivity index (χ2n) is 8.13. The Bertz CT molecular complexity index is 1320. The molecule has 0 aromatic carbocycles. The van der Waals surface area contributed by atoms with Gasteiger partial charge in [-0.05, 0) is 44.9 Å². The zero-order valence-electron chi connectivity index (χ0n) is 18.1. The normalized spacial score (nSPS) is 18.7. The molecule has 1 fully saturated rings. The van der Waals surface area contributed by atoms with E-state index in [9.17, 15) is 13.2 Å². The number of halogens is 3. The number of nitrogens with zero attached hydrogens (tertiary/aromatic N) is 6. The Morgan fingerprint density at radius 3 is 2.70 bits per heavy atom. The van der Waals surface area contributed by atoms with Crippen molar-refractivity contribution in [1.29, 1.82) is 0 Å². The van der Waals surface area contributed by atoms with Gasteiger partial charge in [0.25, 0.3) is 0 Å². The highest BCUT2D eigenvalue weighted by molar-refractivity contribution is 5.88. The summed E-state index contributed by atoms with van der Waals surface area (Å²) in [6.07, 6.45) is -0.657. The number of aromatic nitrogens is 6. The lowest BCUT2D eigenvalue weighted by atomic mass is 9.89. The second kappa shape index (κ2) is 7.87. The van der Waals surface area contributed by atoms with Crippen LogP contribution < -0.4 is 11.1 Å². The minimum absolute atomic E-state index is 0.160. The van der Waals surface area contributed by atoms with Crippen LogP contribution in [0.2, 0.25) is 0 Å². The summed E-state index contributed by atoms with van der Waals surface area (Å²) in [5, 5.41) is 7.76. The Balaban J connectivity index is 1.47. The molecule has 4 heterocycles. The van der Waals surface area contributed by atoms with Crippen LogP contribution in [0.4, 0.5) is 24.9 Å². The van der Waals surface area contributed by atoms with Gasteiger partial charge in [0.05, 0.1) is 11.8 Å². The number of hydrogen-bond donors (Lipinski definition) is 2. The monoisotopic (exact) mass is 460 g/mol. The molecule has 1 aliphatic rings. The number of imidazole rings is 1. The van der Waals surface area contributed by atoms with Crippen molar-refractivity contribution >= 4 is 28.4 Å². The standard InChI is InChI=1S/C21H23F3N8O/c1-3-33-13-8-12(9-13)27-20-29-18(25)17-14(6-7-32(17)30-20)15-4-5-16-19(28-15)31(11(2)26-16)10-21(22,23)24/h4-7,12-13H,3,8-10H2,1-2H3,(H3,25,27,29,30). The van der Waals surface area contributed by atoms with Crippen molar-refractivity contribution < 1.29 is 17.9 Å². The second-order valence-corrected chi connectivity index (χ2v) is 8.13. The predicted octanol–water partition coefficient (Wildman–Crippen LogP) is 3.57. The van der Waals surface area contributed by atoms with Crippen molar-refractivity contribution in [3.63, 3.8) is 0 Å². The highest BCUT2D eigenvalue weighted by Gasteiger charge is 2.31. The average molecular weight is 460 g/mol. The van der Waals surface area contributed by atoms with Gasteiger partial charge in [-0.15, -0.1) is 5.10 Å². The molecule has 174 valence electrons. The van der Waals surface area contributed by atoms with E-state index in [-0.39, 0.29) is 29.4 Å². The molecular weight excluding hydrogens is 437 g/mol. The minimum atomic E-state index is -4.39. The summed E-state index contributed by atoms with van der Waals surface area (Å²) >= 11 is 0. The Morgan fingerprint density at radius 2 is 1.97 bits per heavy atom. The highest BCUT2D eigenvalue weighted by atomic mass is 19.4. The van der Waals surface area contributed by atoms with E-state index in [0.717, 1.165) is 17.4 Å². The van der Waals surface area contributed by atoms with Crippen LogP contribution in [0.3, 0.4) is 0 Å². The van der Waals surface area contributed by atoms with Crippen molar-refractivity contribution in [1.82, 2.24) is 29.1 Å². The molecule has 33 heavy (non-hydrogen) atoms. The fourth-order valence-corrected chi connectivity index (χ4v) is 4.19. The Hall–Kier alpha value is -3.41. The number of anilines is 2. The number of aryl methyl sites for hydroxylation is 1. The van der Waals surface area contributed by atoms with Gasteiger partial charge in [-0.2, -0.15) is 18.2 Å². The van der Waals surface area contributed by atoms with E-state index >= 15 is 0 Å². The average Bonchev–Trinajstić information content (AvgIpc) is 3.27. The molecule has 3 N–H and O–H groups in total. The first kappa shape index (κ1) is 21.4. The molecule has 5 rings (SSSR count). The fourth-order valence-electron chi connectivity index (χ4n) is 4.19. The van der Waals surface area contributed by atoms with E-state index < -0.39 is 12.7 Å². The van der Waals surface area contributed by atoms with Crippen LogP contribution in [0, 0.1) is 6.92 Å². The molecule has 4 aromatic heterocycles. The van der Waals surface area contributed by atoms with Gasteiger partial charge in [0.2, 0.25) is 5.95 Å². The molecule has 0 aliphatic heterocycles. The van der Waals surface area contributed by atoms with E-state index in [1.807, 2.05) is 6.92 Å². The number of rotatable bonds is 6. The summed E-state index contributed by atoms with van der Waals surface area (Å²) in [6.45, 7) is 3.03. The molecule has 12 heteroatoms. The van der Waals surface area contributed by atoms with E-state index in [4.69, 9.17) is 10.5 Å². The number of nitrogens with two attached hydrogens (primary N) is 1. The van der Waals surface area contributed by atoms with E-state index in [0.29, 0.717) is 34.8 Å². The molecule has 9 nitrogen and oxygen atoms in total. The SMILES string of the molecule is CCOC1CC(Nc2nc(N)c3c(-c4ccc5nc(C)n(CC(F)(F)F)c5n4)ccn3n2)C1. The number of ether oxygens (including phenoxy) is 1. The summed E-state index contributed by atoms with van der Waals surface area (Å²) in [7, 11) is 0. The van der Waals surface area contributed by atoms with Crippen LogP contribution in [0.1, 0.15) is 25.6 Å². The first-order valence-electron chi connectivity index (χ1n) is 10.7. The van der Waals surface area contributed by atoms with Crippen molar-refractivity contribution in [3.05, 3.63) is 30.2 Å². The van der Waals surface area contributed by atoms with Gasteiger partial charge in [0.1, 0.15) is 23.4 Å². The third kappa shape index (κ3) is 4.06.